The van der Waals surface area contributed by atoms with Gasteiger partial charge in [0.1, 0.15) is 0 Å². The molecule has 1 aliphatic heterocycles. The number of aliphatic hydroxyl groups is 1. The Morgan fingerprint density at radius 1 is 1.38 bits per heavy atom. The molecule has 2 rings (SSSR count). The lowest BCUT2D eigenvalue weighted by molar-refractivity contribution is -0.138. The molecule has 0 bridgehead atoms. The highest BCUT2D eigenvalue weighted by Gasteiger charge is 2.33. The second-order valence-corrected chi connectivity index (χ2v) is 4.94. The van der Waals surface area contributed by atoms with Crippen molar-refractivity contribution in [1.82, 2.24) is 5.32 Å². The molecule has 0 aromatic heterocycles. The zero-order valence-electron chi connectivity index (χ0n) is 11.2. The molecule has 7 heteroatoms. The molecule has 1 fully saturated rings. The smallest absolute Gasteiger partial charge is 0.391 e. The fourth-order valence-corrected chi connectivity index (χ4v) is 2.25. The van der Waals surface area contributed by atoms with Crippen LogP contribution in [0.5, 0.6) is 0 Å². The molecule has 1 aromatic rings. The fraction of sp³-hybridized carbons (Fsp3) is 0.500. The van der Waals surface area contributed by atoms with Crippen molar-refractivity contribution in [2.75, 3.05) is 13.2 Å². The first-order chi connectivity index (χ1) is 9.88. The van der Waals surface area contributed by atoms with Gasteiger partial charge in [0.15, 0.2) is 0 Å². The molecule has 1 aromatic carbocycles. The summed E-state index contributed by atoms with van der Waals surface area (Å²) in [5.41, 5.74) is -0.908. The maximum absolute atomic E-state index is 12.8. The third-order valence-electron chi connectivity index (χ3n) is 3.34. The number of rotatable bonds is 3. The molecule has 0 spiro atoms. The Morgan fingerprint density at radius 3 is 2.76 bits per heavy atom. The van der Waals surface area contributed by atoms with Gasteiger partial charge in [0.2, 0.25) is 5.91 Å². The van der Waals surface area contributed by atoms with E-state index in [1.807, 2.05) is 0 Å². The maximum atomic E-state index is 12.8. The Kier molecular flexibility index (Phi) is 4.84. The number of alkyl halides is 3. The molecule has 0 unspecified atom stereocenters. The van der Waals surface area contributed by atoms with E-state index in [1.165, 1.54) is 18.2 Å². The van der Waals surface area contributed by atoms with E-state index in [2.05, 4.69) is 5.32 Å². The van der Waals surface area contributed by atoms with E-state index >= 15 is 0 Å². The third kappa shape index (κ3) is 4.18. The summed E-state index contributed by atoms with van der Waals surface area (Å²) in [4.78, 5) is 11.9. The van der Waals surface area contributed by atoms with Crippen molar-refractivity contribution in [1.29, 1.82) is 0 Å². The summed E-state index contributed by atoms with van der Waals surface area (Å²) in [6.07, 6.45) is -5.23. The standard InChI is InChI=1S/C14H16F3NO3/c15-14(16,17)10-4-2-1-3-9(10)7-13(20)18-11-8-21-6-5-12(11)19/h1-4,11-12,19H,5-8H2,(H,18,20)/t11-,12-/m1/s1. The monoisotopic (exact) mass is 303 g/mol. The number of halogens is 3. The molecule has 0 aliphatic carbocycles. The molecule has 2 atom stereocenters. The van der Waals surface area contributed by atoms with Crippen LogP contribution in [0.25, 0.3) is 0 Å². The van der Waals surface area contributed by atoms with Gasteiger partial charge >= 0.3 is 6.18 Å². The first-order valence-electron chi connectivity index (χ1n) is 6.58. The van der Waals surface area contributed by atoms with Gasteiger partial charge in [-0.3, -0.25) is 4.79 Å². The molecule has 1 heterocycles. The SMILES string of the molecule is O=C(Cc1ccccc1C(F)(F)F)N[C@@H]1COCC[C@H]1O. The van der Waals surface area contributed by atoms with Crippen molar-refractivity contribution in [3.05, 3.63) is 35.4 Å². The summed E-state index contributed by atoms with van der Waals surface area (Å²) >= 11 is 0. The van der Waals surface area contributed by atoms with Crippen LogP contribution >= 0.6 is 0 Å². The van der Waals surface area contributed by atoms with Crippen molar-refractivity contribution in [3.63, 3.8) is 0 Å². The quantitative estimate of drug-likeness (QED) is 0.890. The Hall–Kier alpha value is -1.60. The topological polar surface area (TPSA) is 58.6 Å². The molecule has 0 radical (unpaired) electrons. The molecule has 4 nitrogen and oxygen atoms in total. The second kappa shape index (κ2) is 6.44. The highest BCUT2D eigenvalue weighted by Crippen LogP contribution is 2.32. The number of aliphatic hydroxyl groups excluding tert-OH is 1. The van der Waals surface area contributed by atoms with E-state index < -0.39 is 29.8 Å². The summed E-state index contributed by atoms with van der Waals surface area (Å²) in [6, 6.07) is 4.38. The van der Waals surface area contributed by atoms with E-state index in [0.29, 0.717) is 13.0 Å². The molecule has 21 heavy (non-hydrogen) atoms. The van der Waals surface area contributed by atoms with E-state index in [9.17, 15) is 23.1 Å². The largest absolute Gasteiger partial charge is 0.416 e. The average molecular weight is 303 g/mol. The number of carbonyl (C=O) groups excluding carboxylic acids is 1. The first kappa shape index (κ1) is 15.8. The first-order valence-corrected chi connectivity index (χ1v) is 6.58. The summed E-state index contributed by atoms with van der Waals surface area (Å²) in [5.74, 6) is -0.568. The number of carbonyl (C=O) groups is 1. The van der Waals surface area contributed by atoms with Crippen LogP contribution in [0.15, 0.2) is 24.3 Å². The molecule has 2 N–H and O–H groups in total. The van der Waals surface area contributed by atoms with Crippen LogP contribution in [0.4, 0.5) is 13.2 Å². The fourth-order valence-electron chi connectivity index (χ4n) is 2.25. The Bertz CT molecular complexity index is 504. The minimum atomic E-state index is -4.50. The minimum absolute atomic E-state index is 0.0892. The average Bonchev–Trinajstić information content (AvgIpc) is 2.41. The molecule has 1 saturated heterocycles. The lowest BCUT2D eigenvalue weighted by Crippen LogP contribution is -2.49. The van der Waals surface area contributed by atoms with Crippen molar-refractivity contribution in [3.8, 4) is 0 Å². The van der Waals surface area contributed by atoms with Crippen LogP contribution in [0, 0.1) is 0 Å². The van der Waals surface area contributed by atoms with Crippen LogP contribution in [-0.4, -0.2) is 36.4 Å². The summed E-state index contributed by atoms with van der Waals surface area (Å²) in [5, 5.41) is 12.2. The van der Waals surface area contributed by atoms with Crippen molar-refractivity contribution in [2.24, 2.45) is 0 Å². The van der Waals surface area contributed by atoms with Gasteiger partial charge in [-0.15, -0.1) is 0 Å². The van der Waals surface area contributed by atoms with Gasteiger partial charge in [-0.25, -0.2) is 0 Å². The molecule has 116 valence electrons. The Morgan fingerprint density at radius 2 is 2.10 bits per heavy atom. The van der Waals surface area contributed by atoms with Crippen LogP contribution in [0.2, 0.25) is 0 Å². The third-order valence-corrected chi connectivity index (χ3v) is 3.34. The van der Waals surface area contributed by atoms with Gasteiger partial charge in [0, 0.05) is 6.61 Å². The highest BCUT2D eigenvalue weighted by atomic mass is 19.4. The van der Waals surface area contributed by atoms with Crippen LogP contribution in [0.3, 0.4) is 0 Å². The number of benzene rings is 1. The Labute approximate surface area is 119 Å². The van der Waals surface area contributed by atoms with Crippen molar-refractivity contribution >= 4 is 5.91 Å². The van der Waals surface area contributed by atoms with Crippen LogP contribution in [0.1, 0.15) is 17.5 Å². The maximum Gasteiger partial charge on any atom is 0.416 e. The molecule has 1 aliphatic rings. The number of hydrogen-bond donors (Lipinski definition) is 2. The highest BCUT2D eigenvalue weighted by molar-refractivity contribution is 5.79. The van der Waals surface area contributed by atoms with Crippen molar-refractivity contribution in [2.45, 2.75) is 31.2 Å². The molecular formula is C14H16F3NO3. The lowest BCUT2D eigenvalue weighted by Gasteiger charge is -2.28. The summed E-state index contributed by atoms with van der Waals surface area (Å²) < 4.78 is 43.6. The van der Waals surface area contributed by atoms with E-state index in [-0.39, 0.29) is 18.6 Å². The molecule has 1 amide bonds. The number of ether oxygens (including phenoxy) is 1. The number of amides is 1. The van der Waals surface area contributed by atoms with Crippen LogP contribution < -0.4 is 5.32 Å². The Balaban J connectivity index is 2.03. The van der Waals surface area contributed by atoms with Gasteiger partial charge in [-0.05, 0) is 18.1 Å². The molecule has 0 saturated carbocycles. The summed E-state index contributed by atoms with van der Waals surface area (Å²) in [6.45, 7) is 0.568. The van der Waals surface area contributed by atoms with E-state index in [0.717, 1.165) is 6.07 Å². The van der Waals surface area contributed by atoms with Crippen LogP contribution in [-0.2, 0) is 22.1 Å². The summed E-state index contributed by atoms with van der Waals surface area (Å²) in [7, 11) is 0. The predicted molar refractivity (Wildman–Crippen MR) is 68.5 cm³/mol. The minimum Gasteiger partial charge on any atom is -0.391 e. The number of nitrogens with one attached hydrogen (secondary N) is 1. The zero-order chi connectivity index (χ0) is 15.5. The predicted octanol–water partition coefficient (Wildman–Crippen LogP) is 1.51. The van der Waals surface area contributed by atoms with Gasteiger partial charge in [0.05, 0.1) is 30.7 Å². The lowest BCUT2D eigenvalue weighted by atomic mass is 10.0. The molecular weight excluding hydrogens is 287 g/mol. The zero-order valence-corrected chi connectivity index (χ0v) is 11.2. The van der Waals surface area contributed by atoms with Crippen molar-refractivity contribution < 1.29 is 27.8 Å². The van der Waals surface area contributed by atoms with Gasteiger partial charge in [-0.1, -0.05) is 18.2 Å². The van der Waals surface area contributed by atoms with Gasteiger partial charge in [-0.2, -0.15) is 13.2 Å². The normalized spacial score (nSPS) is 22.9. The van der Waals surface area contributed by atoms with Gasteiger partial charge < -0.3 is 15.2 Å². The second-order valence-electron chi connectivity index (χ2n) is 4.94. The number of hydrogen-bond acceptors (Lipinski definition) is 3. The van der Waals surface area contributed by atoms with E-state index in [4.69, 9.17) is 4.74 Å². The van der Waals surface area contributed by atoms with E-state index in [1.54, 1.807) is 0 Å². The van der Waals surface area contributed by atoms with Gasteiger partial charge in [0.25, 0.3) is 0 Å².